The predicted octanol–water partition coefficient (Wildman–Crippen LogP) is 2.50. The molecule has 1 aliphatic rings. The number of aryl methyl sites for hydroxylation is 2. The molecular weight excluding hydrogens is 274 g/mol. The highest BCUT2D eigenvalue weighted by Gasteiger charge is 2.21. The Labute approximate surface area is 131 Å². The number of hydrogen-bond donors (Lipinski definition) is 0. The summed E-state index contributed by atoms with van der Waals surface area (Å²) < 4.78 is 0. The quantitative estimate of drug-likeness (QED) is 0.814. The first kappa shape index (κ1) is 14.5. The van der Waals surface area contributed by atoms with Crippen LogP contribution >= 0.6 is 0 Å². The van der Waals surface area contributed by atoms with Gasteiger partial charge in [0.15, 0.2) is 5.82 Å². The average Bonchev–Trinajstić information content (AvgIpc) is 2.69. The number of hydrogen-bond acceptors (Lipinski definition) is 5. The van der Waals surface area contributed by atoms with Gasteiger partial charge in [-0.2, -0.15) is 5.10 Å². The first-order valence-electron chi connectivity index (χ1n) is 7.55. The normalized spacial score (nSPS) is 14.5. The zero-order chi connectivity index (χ0) is 15.5. The fraction of sp³-hybridized carbons (Fsp3) is 0.353. The van der Waals surface area contributed by atoms with Crippen molar-refractivity contribution in [2.45, 2.75) is 20.4 Å². The molecule has 0 unspecified atom stereocenters. The lowest BCUT2D eigenvalue weighted by Gasteiger charge is -2.22. The summed E-state index contributed by atoms with van der Waals surface area (Å²) in [6.45, 7) is 11.2. The summed E-state index contributed by atoms with van der Waals surface area (Å²) in [5.41, 5.74) is 3.19. The standard InChI is InChI=1S/C17H21N5/c1-4-9-21-10-11-22(16-8-6-14(3)19-20-16)12-15-7-5-13(2)18-17(15)21/h4-8H,1,9-12H2,2-3H3. The summed E-state index contributed by atoms with van der Waals surface area (Å²) in [6, 6.07) is 8.26. The van der Waals surface area contributed by atoms with E-state index in [4.69, 9.17) is 4.98 Å². The molecule has 0 saturated carbocycles. The van der Waals surface area contributed by atoms with Crippen LogP contribution < -0.4 is 9.80 Å². The molecule has 0 aromatic carbocycles. The summed E-state index contributed by atoms with van der Waals surface area (Å²) in [4.78, 5) is 9.26. The van der Waals surface area contributed by atoms with E-state index >= 15 is 0 Å². The second-order valence-electron chi connectivity index (χ2n) is 5.62. The van der Waals surface area contributed by atoms with Gasteiger partial charge in [-0.3, -0.25) is 0 Å². The third kappa shape index (κ3) is 2.93. The molecular formula is C17H21N5. The van der Waals surface area contributed by atoms with Crippen molar-refractivity contribution in [3.05, 3.63) is 53.9 Å². The van der Waals surface area contributed by atoms with Crippen LogP contribution in [0.5, 0.6) is 0 Å². The Hall–Kier alpha value is -2.43. The minimum absolute atomic E-state index is 0.800. The smallest absolute Gasteiger partial charge is 0.151 e. The molecule has 0 amide bonds. The Morgan fingerprint density at radius 2 is 1.91 bits per heavy atom. The molecule has 0 atom stereocenters. The van der Waals surface area contributed by atoms with E-state index in [0.29, 0.717) is 0 Å². The number of aromatic nitrogens is 3. The van der Waals surface area contributed by atoms with E-state index in [2.05, 4.69) is 38.7 Å². The Morgan fingerprint density at radius 1 is 1.09 bits per heavy atom. The average molecular weight is 295 g/mol. The molecule has 1 aliphatic heterocycles. The molecule has 114 valence electrons. The fourth-order valence-corrected chi connectivity index (χ4v) is 2.69. The third-order valence-corrected chi connectivity index (χ3v) is 3.85. The number of fused-ring (bicyclic) bond motifs is 1. The van der Waals surface area contributed by atoms with Crippen molar-refractivity contribution in [1.82, 2.24) is 15.2 Å². The molecule has 3 heterocycles. The Kier molecular flexibility index (Phi) is 4.04. The summed E-state index contributed by atoms with van der Waals surface area (Å²) in [5, 5.41) is 8.50. The zero-order valence-electron chi connectivity index (χ0n) is 13.2. The van der Waals surface area contributed by atoms with Crippen LogP contribution in [0.2, 0.25) is 0 Å². The molecule has 0 radical (unpaired) electrons. The summed E-state index contributed by atoms with van der Waals surface area (Å²) >= 11 is 0. The van der Waals surface area contributed by atoms with Gasteiger partial charge in [-0.1, -0.05) is 12.1 Å². The maximum atomic E-state index is 4.73. The molecule has 5 nitrogen and oxygen atoms in total. The van der Waals surface area contributed by atoms with Crippen molar-refractivity contribution >= 4 is 11.6 Å². The molecule has 0 saturated heterocycles. The van der Waals surface area contributed by atoms with Crippen LogP contribution in [0.3, 0.4) is 0 Å². The van der Waals surface area contributed by atoms with E-state index in [1.165, 1.54) is 5.56 Å². The summed E-state index contributed by atoms with van der Waals surface area (Å²) in [7, 11) is 0. The van der Waals surface area contributed by atoms with Gasteiger partial charge >= 0.3 is 0 Å². The lowest BCUT2D eigenvalue weighted by atomic mass is 10.2. The zero-order valence-corrected chi connectivity index (χ0v) is 13.2. The molecule has 0 N–H and O–H groups in total. The topological polar surface area (TPSA) is 45.2 Å². The fourth-order valence-electron chi connectivity index (χ4n) is 2.69. The number of nitrogens with zero attached hydrogens (tertiary/aromatic N) is 5. The molecule has 0 bridgehead atoms. The molecule has 2 aromatic rings. The molecule has 3 rings (SSSR count). The van der Waals surface area contributed by atoms with Crippen LogP contribution in [0, 0.1) is 13.8 Å². The summed E-state index contributed by atoms with van der Waals surface area (Å²) in [6.07, 6.45) is 1.93. The van der Waals surface area contributed by atoms with E-state index in [0.717, 1.165) is 49.2 Å². The number of anilines is 2. The lowest BCUT2D eigenvalue weighted by Crippen LogP contribution is -2.32. The first-order chi connectivity index (χ1) is 10.7. The maximum absolute atomic E-state index is 4.73. The predicted molar refractivity (Wildman–Crippen MR) is 89.2 cm³/mol. The van der Waals surface area contributed by atoms with Crippen LogP contribution in [-0.2, 0) is 6.54 Å². The monoisotopic (exact) mass is 295 g/mol. The number of rotatable bonds is 3. The van der Waals surface area contributed by atoms with E-state index in [1.54, 1.807) is 0 Å². The lowest BCUT2D eigenvalue weighted by molar-refractivity contribution is 0.758. The highest BCUT2D eigenvalue weighted by molar-refractivity contribution is 5.53. The van der Waals surface area contributed by atoms with Gasteiger partial charge < -0.3 is 9.80 Å². The Bertz CT molecular complexity index is 665. The van der Waals surface area contributed by atoms with Crippen LogP contribution in [0.15, 0.2) is 36.9 Å². The first-order valence-corrected chi connectivity index (χ1v) is 7.55. The molecule has 2 aromatic heterocycles. The van der Waals surface area contributed by atoms with Crippen molar-refractivity contribution in [3.63, 3.8) is 0 Å². The van der Waals surface area contributed by atoms with Crippen molar-refractivity contribution in [2.24, 2.45) is 0 Å². The van der Waals surface area contributed by atoms with Crippen LogP contribution in [0.4, 0.5) is 11.6 Å². The summed E-state index contributed by atoms with van der Waals surface area (Å²) in [5.74, 6) is 1.97. The van der Waals surface area contributed by atoms with Gasteiger partial charge in [0.2, 0.25) is 0 Å². The van der Waals surface area contributed by atoms with Gasteiger partial charge in [0.25, 0.3) is 0 Å². The van der Waals surface area contributed by atoms with Crippen LogP contribution in [0.25, 0.3) is 0 Å². The molecule has 5 heteroatoms. The van der Waals surface area contributed by atoms with Gasteiger partial charge in [0.05, 0.1) is 5.69 Å². The van der Waals surface area contributed by atoms with E-state index in [1.807, 2.05) is 32.1 Å². The van der Waals surface area contributed by atoms with Crippen molar-refractivity contribution in [3.8, 4) is 0 Å². The van der Waals surface area contributed by atoms with Gasteiger partial charge in [-0.05, 0) is 32.0 Å². The van der Waals surface area contributed by atoms with E-state index in [9.17, 15) is 0 Å². The SMILES string of the molecule is C=CCN1CCN(c2ccc(C)nn2)Cc2ccc(C)nc21. The molecule has 0 spiro atoms. The second kappa shape index (κ2) is 6.13. The van der Waals surface area contributed by atoms with Gasteiger partial charge in [-0.15, -0.1) is 11.7 Å². The largest absolute Gasteiger partial charge is 0.351 e. The third-order valence-electron chi connectivity index (χ3n) is 3.85. The maximum Gasteiger partial charge on any atom is 0.151 e. The van der Waals surface area contributed by atoms with Crippen molar-refractivity contribution in [2.75, 3.05) is 29.4 Å². The highest BCUT2D eigenvalue weighted by Crippen LogP contribution is 2.25. The van der Waals surface area contributed by atoms with Gasteiger partial charge in [0, 0.05) is 37.4 Å². The minimum Gasteiger partial charge on any atom is -0.351 e. The van der Waals surface area contributed by atoms with E-state index < -0.39 is 0 Å². The molecule has 0 aliphatic carbocycles. The number of pyridine rings is 1. The molecule has 22 heavy (non-hydrogen) atoms. The Morgan fingerprint density at radius 3 is 2.64 bits per heavy atom. The van der Waals surface area contributed by atoms with E-state index in [-0.39, 0.29) is 0 Å². The highest BCUT2D eigenvalue weighted by atomic mass is 15.3. The molecule has 0 fully saturated rings. The van der Waals surface area contributed by atoms with Crippen LogP contribution in [-0.4, -0.2) is 34.8 Å². The second-order valence-corrected chi connectivity index (χ2v) is 5.62. The van der Waals surface area contributed by atoms with Crippen LogP contribution in [0.1, 0.15) is 17.0 Å². The van der Waals surface area contributed by atoms with Crippen molar-refractivity contribution < 1.29 is 0 Å². The Balaban J connectivity index is 1.94. The van der Waals surface area contributed by atoms with Gasteiger partial charge in [-0.25, -0.2) is 4.98 Å². The minimum atomic E-state index is 0.800. The van der Waals surface area contributed by atoms with Gasteiger partial charge in [0.1, 0.15) is 5.82 Å². The van der Waals surface area contributed by atoms with Crippen molar-refractivity contribution in [1.29, 1.82) is 0 Å².